The summed E-state index contributed by atoms with van der Waals surface area (Å²) in [6, 6.07) is 1.80. The summed E-state index contributed by atoms with van der Waals surface area (Å²) >= 11 is 0. The van der Waals surface area contributed by atoms with E-state index in [-0.39, 0.29) is 22.1 Å². The molecule has 1 saturated heterocycles. The smallest absolute Gasteiger partial charge is 0.251 e. The third-order valence-electron chi connectivity index (χ3n) is 3.93. The van der Waals surface area contributed by atoms with Gasteiger partial charge in [-0.25, -0.2) is 0 Å². The minimum absolute atomic E-state index is 0.0840. The molecule has 1 aliphatic rings. The van der Waals surface area contributed by atoms with Crippen LogP contribution in [-0.2, 0) is 10.8 Å². The molecule has 3 atom stereocenters. The first-order valence-electron chi connectivity index (χ1n) is 6.43. The van der Waals surface area contributed by atoms with Gasteiger partial charge in [-0.15, -0.1) is 6.42 Å². The van der Waals surface area contributed by atoms with Crippen LogP contribution in [0.3, 0.4) is 0 Å². The summed E-state index contributed by atoms with van der Waals surface area (Å²) in [5.41, 5.74) is 1.33. The summed E-state index contributed by atoms with van der Waals surface area (Å²) in [4.78, 5) is 14.7. The van der Waals surface area contributed by atoms with Gasteiger partial charge in [0, 0.05) is 38.6 Å². The molecule has 0 amide bonds. The third-order valence-corrected chi connectivity index (χ3v) is 6.15. The van der Waals surface area contributed by atoms with Gasteiger partial charge < -0.3 is 4.98 Å². The second-order valence-corrected chi connectivity index (χ2v) is 8.01. The first-order chi connectivity index (χ1) is 8.85. The maximum Gasteiger partial charge on any atom is 0.251 e. The normalized spacial score (nSPS) is 29.7. The van der Waals surface area contributed by atoms with Crippen LogP contribution in [0.1, 0.15) is 44.2 Å². The first-order valence-corrected chi connectivity index (χ1v) is 7.75. The standard InChI is InChI=1S/C15H19NO2S/c1-5-11-6-12(14(17)16-8-11)13-7-15(3,4)19(18)9-10(13)2/h1,6,8,10,13H,7,9H2,2-4H3,(H,16,17)/t10-,13?,19?/m0/s1. The van der Waals surface area contributed by atoms with E-state index in [1.165, 1.54) is 0 Å². The van der Waals surface area contributed by atoms with Gasteiger partial charge in [0.05, 0.1) is 0 Å². The fourth-order valence-electron chi connectivity index (χ4n) is 2.68. The second-order valence-electron chi connectivity index (χ2n) is 5.88. The fraction of sp³-hybridized carbons (Fsp3) is 0.533. The lowest BCUT2D eigenvalue weighted by Gasteiger charge is -2.38. The molecule has 2 rings (SSSR count). The van der Waals surface area contributed by atoms with Crippen LogP contribution >= 0.6 is 0 Å². The lowest BCUT2D eigenvalue weighted by Crippen LogP contribution is -2.41. The van der Waals surface area contributed by atoms with Crippen LogP contribution in [0.2, 0.25) is 0 Å². The van der Waals surface area contributed by atoms with E-state index in [0.717, 1.165) is 12.0 Å². The van der Waals surface area contributed by atoms with Crippen molar-refractivity contribution in [3.05, 3.63) is 33.7 Å². The molecule has 102 valence electrons. The Morgan fingerprint density at radius 1 is 1.53 bits per heavy atom. The average molecular weight is 277 g/mol. The molecule has 0 aromatic carbocycles. The Morgan fingerprint density at radius 3 is 2.84 bits per heavy atom. The molecule has 2 heterocycles. The zero-order valence-electron chi connectivity index (χ0n) is 11.5. The zero-order chi connectivity index (χ0) is 14.2. The summed E-state index contributed by atoms with van der Waals surface area (Å²) in [5, 5.41) is 0. The van der Waals surface area contributed by atoms with Crippen LogP contribution in [-0.4, -0.2) is 19.7 Å². The van der Waals surface area contributed by atoms with Gasteiger partial charge in [0.15, 0.2) is 0 Å². The van der Waals surface area contributed by atoms with Crippen molar-refractivity contribution in [1.29, 1.82) is 0 Å². The van der Waals surface area contributed by atoms with Crippen molar-refractivity contribution in [2.24, 2.45) is 5.92 Å². The van der Waals surface area contributed by atoms with E-state index in [4.69, 9.17) is 6.42 Å². The minimum Gasteiger partial charge on any atom is -0.328 e. The predicted molar refractivity (Wildman–Crippen MR) is 78.6 cm³/mol. The Labute approximate surface area is 116 Å². The SMILES string of the molecule is C#Cc1c[nH]c(=O)c(C2CC(C)(C)S(=O)C[C@@H]2C)c1. The van der Waals surface area contributed by atoms with Crippen LogP contribution in [0.15, 0.2) is 17.1 Å². The van der Waals surface area contributed by atoms with Crippen LogP contribution in [0.4, 0.5) is 0 Å². The van der Waals surface area contributed by atoms with Gasteiger partial charge >= 0.3 is 0 Å². The quantitative estimate of drug-likeness (QED) is 0.798. The molecule has 4 heteroatoms. The Morgan fingerprint density at radius 2 is 2.21 bits per heavy atom. The number of aromatic amines is 1. The van der Waals surface area contributed by atoms with Crippen LogP contribution in [0, 0.1) is 18.3 Å². The molecule has 1 aliphatic heterocycles. The van der Waals surface area contributed by atoms with Crippen molar-refractivity contribution in [3.63, 3.8) is 0 Å². The summed E-state index contributed by atoms with van der Waals surface area (Å²) < 4.78 is 11.8. The maximum atomic E-state index is 12.1. The summed E-state index contributed by atoms with van der Waals surface area (Å²) in [5.74, 6) is 3.52. The highest BCUT2D eigenvalue weighted by Gasteiger charge is 2.39. The van der Waals surface area contributed by atoms with Crippen molar-refractivity contribution < 1.29 is 4.21 Å². The topological polar surface area (TPSA) is 49.9 Å². The van der Waals surface area contributed by atoms with Crippen molar-refractivity contribution in [2.45, 2.75) is 37.9 Å². The van der Waals surface area contributed by atoms with Crippen molar-refractivity contribution in [3.8, 4) is 12.3 Å². The van der Waals surface area contributed by atoms with E-state index in [0.29, 0.717) is 11.3 Å². The molecule has 19 heavy (non-hydrogen) atoms. The summed E-state index contributed by atoms with van der Waals surface area (Å²) in [7, 11) is -0.841. The van der Waals surface area contributed by atoms with Gasteiger partial charge in [-0.05, 0) is 38.2 Å². The van der Waals surface area contributed by atoms with Gasteiger partial charge in [0.25, 0.3) is 5.56 Å². The number of rotatable bonds is 1. The lowest BCUT2D eigenvalue weighted by atomic mass is 9.81. The molecular formula is C15H19NO2S. The molecule has 2 unspecified atom stereocenters. The van der Waals surface area contributed by atoms with E-state index in [1.54, 1.807) is 12.3 Å². The third kappa shape index (κ3) is 2.66. The largest absolute Gasteiger partial charge is 0.328 e. The molecule has 0 bridgehead atoms. The van der Waals surface area contributed by atoms with Gasteiger partial charge in [0.2, 0.25) is 0 Å². The highest BCUT2D eigenvalue weighted by molar-refractivity contribution is 7.86. The van der Waals surface area contributed by atoms with Crippen molar-refractivity contribution in [1.82, 2.24) is 4.98 Å². The van der Waals surface area contributed by atoms with Gasteiger partial charge in [0.1, 0.15) is 0 Å². The van der Waals surface area contributed by atoms with Crippen molar-refractivity contribution >= 4 is 10.8 Å². The molecular weight excluding hydrogens is 258 g/mol. The van der Waals surface area contributed by atoms with E-state index in [1.807, 2.05) is 13.8 Å². The van der Waals surface area contributed by atoms with Crippen LogP contribution in [0.5, 0.6) is 0 Å². The highest BCUT2D eigenvalue weighted by atomic mass is 32.2. The number of terminal acetylenes is 1. The van der Waals surface area contributed by atoms with Crippen LogP contribution < -0.4 is 5.56 Å². The second kappa shape index (κ2) is 4.97. The van der Waals surface area contributed by atoms with E-state index in [2.05, 4.69) is 17.8 Å². The average Bonchev–Trinajstić information content (AvgIpc) is 2.35. The highest BCUT2D eigenvalue weighted by Crippen LogP contribution is 2.39. The molecule has 0 radical (unpaired) electrons. The number of nitrogens with one attached hydrogen (secondary N) is 1. The molecule has 0 spiro atoms. The van der Waals surface area contributed by atoms with E-state index >= 15 is 0 Å². The number of hydrogen-bond donors (Lipinski definition) is 1. The predicted octanol–water partition coefficient (Wildman–Crippen LogP) is 2.01. The Kier molecular flexibility index (Phi) is 3.69. The molecule has 0 saturated carbocycles. The Bertz CT molecular complexity index is 609. The summed E-state index contributed by atoms with van der Waals surface area (Å²) in [6.07, 6.45) is 7.69. The van der Waals surface area contributed by atoms with Crippen LogP contribution in [0.25, 0.3) is 0 Å². The molecule has 1 aromatic heterocycles. The molecule has 1 N–H and O–H groups in total. The molecule has 3 nitrogen and oxygen atoms in total. The molecule has 1 fully saturated rings. The van der Waals surface area contributed by atoms with Gasteiger partial charge in [-0.1, -0.05) is 12.8 Å². The van der Waals surface area contributed by atoms with Gasteiger partial charge in [-0.3, -0.25) is 9.00 Å². The zero-order valence-corrected chi connectivity index (χ0v) is 12.3. The maximum absolute atomic E-state index is 12.1. The van der Waals surface area contributed by atoms with Crippen molar-refractivity contribution in [2.75, 3.05) is 5.75 Å². The molecule has 0 aliphatic carbocycles. The Balaban J connectivity index is 2.44. The monoisotopic (exact) mass is 277 g/mol. The number of H-pyrrole nitrogens is 1. The lowest BCUT2D eigenvalue weighted by molar-refractivity contribution is 0.395. The number of aromatic nitrogens is 1. The number of hydrogen-bond acceptors (Lipinski definition) is 2. The molecule has 1 aromatic rings. The Hall–Kier alpha value is -1.34. The van der Waals surface area contributed by atoms with Gasteiger partial charge in [-0.2, -0.15) is 0 Å². The first kappa shape index (κ1) is 14.1. The van der Waals surface area contributed by atoms with E-state index < -0.39 is 10.8 Å². The fourth-order valence-corrected chi connectivity index (χ4v) is 4.21. The summed E-state index contributed by atoms with van der Waals surface area (Å²) in [6.45, 7) is 6.06. The minimum atomic E-state index is -0.841. The number of pyridine rings is 1. The van der Waals surface area contributed by atoms with E-state index in [9.17, 15) is 9.00 Å².